The van der Waals surface area contributed by atoms with Crippen LogP contribution in [0, 0.1) is 17.8 Å². The minimum atomic E-state index is -0.419. The van der Waals surface area contributed by atoms with Crippen LogP contribution < -0.4 is 4.90 Å². The predicted octanol–water partition coefficient (Wildman–Crippen LogP) is 5.61. The van der Waals surface area contributed by atoms with E-state index in [0.717, 1.165) is 34.0 Å². The van der Waals surface area contributed by atoms with Crippen molar-refractivity contribution in [1.29, 1.82) is 0 Å². The van der Waals surface area contributed by atoms with Gasteiger partial charge in [0.15, 0.2) is 0 Å². The number of ether oxygens (including phenoxy) is 1. The van der Waals surface area contributed by atoms with Gasteiger partial charge in [-0.1, -0.05) is 23.7 Å². The van der Waals surface area contributed by atoms with Crippen molar-refractivity contribution >= 4 is 29.1 Å². The minimum absolute atomic E-state index is 0.372. The highest BCUT2D eigenvalue weighted by molar-refractivity contribution is 6.31. The van der Waals surface area contributed by atoms with Crippen LogP contribution in [0.25, 0.3) is 0 Å². The monoisotopic (exact) mass is 476 g/mol. The summed E-state index contributed by atoms with van der Waals surface area (Å²) in [6.45, 7) is 0.584. The van der Waals surface area contributed by atoms with Crippen molar-refractivity contribution in [3.8, 4) is 0 Å². The van der Waals surface area contributed by atoms with E-state index in [1.165, 1.54) is 44.8 Å². The van der Waals surface area contributed by atoms with Crippen LogP contribution in [0.4, 0.5) is 11.5 Å². The molecule has 34 heavy (non-hydrogen) atoms. The zero-order valence-corrected chi connectivity index (χ0v) is 20.3. The zero-order valence-electron chi connectivity index (χ0n) is 19.6. The molecule has 0 N–H and O–H groups in total. The SMILES string of the molecule is COC(=O)c1cccnc1N(C)c1cnn(Cc2ccc(C34CC5CC(CC3C5)C4)cc2Cl)c1. The van der Waals surface area contributed by atoms with Gasteiger partial charge >= 0.3 is 5.97 Å². The van der Waals surface area contributed by atoms with Gasteiger partial charge in [0.05, 0.1) is 25.5 Å². The van der Waals surface area contributed by atoms with E-state index in [9.17, 15) is 4.79 Å². The number of pyridine rings is 1. The lowest BCUT2D eigenvalue weighted by Crippen LogP contribution is -2.27. The molecule has 2 atom stereocenters. The van der Waals surface area contributed by atoms with Gasteiger partial charge in [-0.05, 0) is 84.6 Å². The van der Waals surface area contributed by atoms with Crippen LogP contribution in [0.2, 0.25) is 5.02 Å². The molecule has 0 radical (unpaired) electrons. The number of carbonyl (C=O) groups is 1. The molecule has 3 aromatic rings. The molecule has 2 aromatic heterocycles. The average molecular weight is 477 g/mol. The molecular formula is C27H29ClN4O2. The normalized spacial score (nSPS) is 26.7. The van der Waals surface area contributed by atoms with E-state index in [0.29, 0.717) is 23.3 Å². The maximum absolute atomic E-state index is 12.1. The molecule has 1 aromatic carbocycles. The molecule has 0 amide bonds. The largest absolute Gasteiger partial charge is 0.465 e. The Morgan fingerprint density at radius 3 is 2.76 bits per heavy atom. The third-order valence-electron chi connectivity index (χ3n) is 8.47. The van der Waals surface area contributed by atoms with E-state index in [-0.39, 0.29) is 0 Å². The number of nitrogens with zero attached hydrogens (tertiary/aromatic N) is 4. The fourth-order valence-electron chi connectivity index (χ4n) is 7.10. The van der Waals surface area contributed by atoms with Crippen molar-refractivity contribution in [3.05, 3.63) is 70.6 Å². The van der Waals surface area contributed by atoms with Crippen LogP contribution in [0.3, 0.4) is 0 Å². The Morgan fingerprint density at radius 1 is 1.24 bits per heavy atom. The summed E-state index contributed by atoms with van der Waals surface area (Å²) in [5.74, 6) is 2.81. The lowest BCUT2D eigenvalue weighted by molar-refractivity contribution is 0.0601. The molecule has 0 spiro atoms. The number of esters is 1. The smallest absolute Gasteiger partial charge is 0.341 e. The summed E-state index contributed by atoms with van der Waals surface area (Å²) >= 11 is 6.82. The summed E-state index contributed by atoms with van der Waals surface area (Å²) in [4.78, 5) is 18.4. The summed E-state index contributed by atoms with van der Waals surface area (Å²) in [5, 5.41) is 5.35. The number of rotatable bonds is 6. The van der Waals surface area contributed by atoms with Gasteiger partial charge in [-0.25, -0.2) is 9.78 Å². The number of methoxy groups -OCH3 is 1. The highest BCUT2D eigenvalue weighted by Crippen LogP contribution is 2.66. The van der Waals surface area contributed by atoms with Gasteiger partial charge in [0.1, 0.15) is 11.4 Å². The Kier molecular flexibility index (Phi) is 5.17. The molecule has 4 aliphatic rings. The maximum atomic E-state index is 12.1. The first-order valence-electron chi connectivity index (χ1n) is 12.1. The number of hydrogen-bond acceptors (Lipinski definition) is 5. The van der Waals surface area contributed by atoms with Crippen LogP contribution >= 0.6 is 11.6 Å². The van der Waals surface area contributed by atoms with E-state index >= 15 is 0 Å². The number of benzene rings is 1. The van der Waals surface area contributed by atoms with Crippen molar-refractivity contribution in [1.82, 2.24) is 14.8 Å². The van der Waals surface area contributed by atoms with Crippen LogP contribution in [0.1, 0.15) is 53.6 Å². The molecule has 7 heteroatoms. The van der Waals surface area contributed by atoms with Gasteiger partial charge in [-0.2, -0.15) is 5.10 Å². The van der Waals surface area contributed by atoms with Crippen molar-refractivity contribution in [2.24, 2.45) is 17.8 Å². The second-order valence-corrected chi connectivity index (χ2v) is 10.7. The van der Waals surface area contributed by atoms with E-state index in [1.807, 2.05) is 22.8 Å². The molecule has 0 saturated heterocycles. The van der Waals surface area contributed by atoms with E-state index < -0.39 is 5.97 Å². The molecular weight excluding hydrogens is 448 g/mol. The summed E-state index contributed by atoms with van der Waals surface area (Å²) in [7, 11) is 3.23. The predicted molar refractivity (Wildman–Crippen MR) is 132 cm³/mol. The first-order chi connectivity index (χ1) is 16.5. The van der Waals surface area contributed by atoms with Crippen LogP contribution in [-0.2, 0) is 16.7 Å². The van der Waals surface area contributed by atoms with E-state index in [2.05, 4.69) is 28.3 Å². The lowest BCUT2D eigenvalue weighted by atomic mass is 9.71. The van der Waals surface area contributed by atoms with Crippen LogP contribution in [0.15, 0.2) is 48.9 Å². The number of aromatic nitrogens is 3. The van der Waals surface area contributed by atoms with E-state index in [4.69, 9.17) is 16.3 Å². The van der Waals surface area contributed by atoms with Gasteiger partial charge in [0.25, 0.3) is 0 Å². The molecule has 176 valence electrons. The van der Waals surface area contributed by atoms with Crippen molar-refractivity contribution < 1.29 is 9.53 Å². The molecule has 6 nitrogen and oxygen atoms in total. The third kappa shape index (κ3) is 3.42. The summed E-state index contributed by atoms with van der Waals surface area (Å²) in [5.41, 5.74) is 4.12. The summed E-state index contributed by atoms with van der Waals surface area (Å²) < 4.78 is 6.77. The number of anilines is 2. The zero-order chi connectivity index (χ0) is 23.4. The average Bonchev–Trinajstić information content (AvgIpc) is 3.49. The van der Waals surface area contributed by atoms with Crippen molar-refractivity contribution in [2.45, 2.75) is 44.1 Å². The number of carbonyl (C=O) groups excluding carboxylic acids is 1. The Hall–Kier alpha value is -2.86. The topological polar surface area (TPSA) is 60.2 Å². The summed E-state index contributed by atoms with van der Waals surface area (Å²) in [6.07, 6.45) is 12.3. The van der Waals surface area contributed by atoms with Crippen LogP contribution in [-0.4, -0.2) is 34.9 Å². The van der Waals surface area contributed by atoms with Gasteiger partial charge in [0, 0.05) is 24.5 Å². The number of halogens is 1. The highest BCUT2D eigenvalue weighted by atomic mass is 35.5. The molecule has 0 aliphatic heterocycles. The Balaban J connectivity index is 1.21. The second kappa shape index (κ2) is 8.12. The Labute approximate surface area is 204 Å². The molecule has 7 rings (SSSR count). The van der Waals surface area contributed by atoms with Gasteiger partial charge in [0.2, 0.25) is 0 Å². The molecule has 4 aliphatic carbocycles. The minimum Gasteiger partial charge on any atom is -0.465 e. The first-order valence-corrected chi connectivity index (χ1v) is 12.4. The fraction of sp³-hybridized carbons (Fsp3) is 0.444. The van der Waals surface area contributed by atoms with Gasteiger partial charge < -0.3 is 9.64 Å². The number of hydrogen-bond donors (Lipinski definition) is 0. The Morgan fingerprint density at radius 2 is 2.03 bits per heavy atom. The maximum Gasteiger partial charge on any atom is 0.341 e. The van der Waals surface area contributed by atoms with Crippen molar-refractivity contribution in [2.75, 3.05) is 19.1 Å². The molecule has 4 fully saturated rings. The second-order valence-electron chi connectivity index (χ2n) is 10.3. The first kappa shape index (κ1) is 21.7. The van der Waals surface area contributed by atoms with Gasteiger partial charge in [-0.15, -0.1) is 0 Å². The molecule has 4 bridgehead atoms. The summed E-state index contributed by atoms with van der Waals surface area (Å²) in [6, 6.07) is 10.2. The third-order valence-corrected chi connectivity index (χ3v) is 8.82. The standard InChI is InChI=1S/C27H29ClN4O2/c1-31(25-23(26(33)34-2)4-3-7-29-25)22-14-30-32(16-22)15-19-5-6-20(11-24(19)28)27-12-17-8-18(13-27)10-21(27)9-17/h3-7,11,14,16-18,21H,8-10,12-13,15H2,1-2H3. The Bertz CT molecular complexity index is 1240. The highest BCUT2D eigenvalue weighted by Gasteiger charge is 2.58. The molecule has 2 heterocycles. The fourth-order valence-corrected chi connectivity index (χ4v) is 7.34. The lowest BCUT2D eigenvalue weighted by Gasteiger charge is -2.33. The van der Waals surface area contributed by atoms with Crippen molar-refractivity contribution in [3.63, 3.8) is 0 Å². The van der Waals surface area contributed by atoms with Crippen LogP contribution in [0.5, 0.6) is 0 Å². The quantitative estimate of drug-likeness (QED) is 0.432. The van der Waals surface area contributed by atoms with Gasteiger partial charge in [-0.3, -0.25) is 4.68 Å². The molecule has 4 saturated carbocycles. The molecule has 2 unspecified atom stereocenters. The van der Waals surface area contributed by atoms with E-state index in [1.54, 1.807) is 24.5 Å².